The van der Waals surface area contributed by atoms with Crippen molar-refractivity contribution < 1.29 is 9.53 Å². The second-order valence-electron chi connectivity index (χ2n) is 4.98. The fourth-order valence-electron chi connectivity index (χ4n) is 2.32. The Hall–Kier alpha value is -1.10. The third-order valence-corrected chi connectivity index (χ3v) is 4.10. The molecule has 4 nitrogen and oxygen atoms in total. The summed E-state index contributed by atoms with van der Waals surface area (Å²) in [7, 11) is 0. The Labute approximate surface area is 118 Å². The monoisotopic (exact) mass is 282 g/mol. The molecule has 1 fully saturated rings. The highest BCUT2D eigenvalue weighted by Gasteiger charge is 2.39. The molecule has 1 aliphatic heterocycles. The number of amides is 1. The summed E-state index contributed by atoms with van der Waals surface area (Å²) in [6.07, 6.45) is 1.30. The van der Waals surface area contributed by atoms with Crippen LogP contribution in [0.1, 0.15) is 18.4 Å². The van der Waals surface area contributed by atoms with Crippen molar-refractivity contribution in [3.63, 3.8) is 0 Å². The van der Waals surface area contributed by atoms with Crippen LogP contribution >= 0.6 is 11.6 Å². The second-order valence-corrected chi connectivity index (χ2v) is 5.39. The van der Waals surface area contributed by atoms with Gasteiger partial charge in [0.1, 0.15) is 0 Å². The third kappa shape index (κ3) is 2.91. The SMILES string of the molecule is Cc1cccc(Cl)c1NC(=O)C1(CN)CCOCC1. The Kier molecular flexibility index (Phi) is 4.45. The normalized spacial score (nSPS) is 18.1. The lowest BCUT2D eigenvalue weighted by Gasteiger charge is -2.34. The van der Waals surface area contributed by atoms with Gasteiger partial charge in [0.05, 0.1) is 16.1 Å². The lowest BCUT2D eigenvalue weighted by atomic mass is 9.79. The van der Waals surface area contributed by atoms with Crippen LogP contribution in [0.2, 0.25) is 5.02 Å². The molecule has 1 aromatic rings. The number of halogens is 1. The molecule has 0 atom stereocenters. The van der Waals surface area contributed by atoms with E-state index in [1.165, 1.54) is 0 Å². The van der Waals surface area contributed by atoms with Crippen molar-refractivity contribution >= 4 is 23.2 Å². The van der Waals surface area contributed by atoms with Gasteiger partial charge >= 0.3 is 0 Å². The fourth-order valence-corrected chi connectivity index (χ4v) is 2.59. The van der Waals surface area contributed by atoms with Crippen molar-refractivity contribution in [1.29, 1.82) is 0 Å². The average Bonchev–Trinajstić information content (AvgIpc) is 2.43. The highest BCUT2D eigenvalue weighted by atomic mass is 35.5. The molecule has 1 aromatic carbocycles. The van der Waals surface area contributed by atoms with E-state index in [1.807, 2.05) is 19.1 Å². The van der Waals surface area contributed by atoms with E-state index in [0.29, 0.717) is 43.3 Å². The molecule has 0 aliphatic carbocycles. The molecule has 0 saturated carbocycles. The summed E-state index contributed by atoms with van der Waals surface area (Å²) in [4.78, 5) is 12.5. The number of hydrogen-bond acceptors (Lipinski definition) is 3. The summed E-state index contributed by atoms with van der Waals surface area (Å²) in [6.45, 7) is 3.39. The van der Waals surface area contributed by atoms with Gasteiger partial charge in [0.25, 0.3) is 0 Å². The van der Waals surface area contributed by atoms with Gasteiger partial charge in [-0.25, -0.2) is 0 Å². The zero-order chi connectivity index (χ0) is 13.9. The van der Waals surface area contributed by atoms with Gasteiger partial charge in [0, 0.05) is 19.8 Å². The molecule has 1 heterocycles. The maximum Gasteiger partial charge on any atom is 0.232 e. The molecule has 1 amide bonds. The number of benzene rings is 1. The van der Waals surface area contributed by atoms with Gasteiger partial charge in [-0.2, -0.15) is 0 Å². The maximum absolute atomic E-state index is 12.5. The third-order valence-electron chi connectivity index (χ3n) is 3.78. The van der Waals surface area contributed by atoms with Crippen molar-refractivity contribution in [2.45, 2.75) is 19.8 Å². The average molecular weight is 283 g/mol. The molecule has 19 heavy (non-hydrogen) atoms. The number of ether oxygens (including phenoxy) is 1. The quantitative estimate of drug-likeness (QED) is 0.894. The summed E-state index contributed by atoms with van der Waals surface area (Å²) in [5.41, 5.74) is 6.90. The zero-order valence-electron chi connectivity index (χ0n) is 11.0. The Morgan fingerprint density at radius 1 is 1.47 bits per heavy atom. The highest BCUT2D eigenvalue weighted by Crippen LogP contribution is 2.33. The van der Waals surface area contributed by atoms with Gasteiger partial charge in [0.2, 0.25) is 5.91 Å². The Morgan fingerprint density at radius 2 is 2.16 bits per heavy atom. The Morgan fingerprint density at radius 3 is 2.74 bits per heavy atom. The van der Waals surface area contributed by atoms with Gasteiger partial charge in [-0.1, -0.05) is 23.7 Å². The molecule has 0 spiro atoms. The van der Waals surface area contributed by atoms with E-state index in [9.17, 15) is 4.79 Å². The number of aryl methyl sites for hydroxylation is 1. The van der Waals surface area contributed by atoms with Gasteiger partial charge in [0.15, 0.2) is 0 Å². The van der Waals surface area contributed by atoms with Gasteiger partial charge < -0.3 is 15.8 Å². The van der Waals surface area contributed by atoms with Crippen LogP contribution in [-0.2, 0) is 9.53 Å². The van der Waals surface area contributed by atoms with Gasteiger partial charge in [-0.3, -0.25) is 4.79 Å². The van der Waals surface area contributed by atoms with Crippen LogP contribution in [0.4, 0.5) is 5.69 Å². The topological polar surface area (TPSA) is 64.4 Å². The van der Waals surface area contributed by atoms with E-state index in [0.717, 1.165) is 5.56 Å². The van der Waals surface area contributed by atoms with Crippen molar-refractivity contribution in [2.75, 3.05) is 25.1 Å². The molecule has 104 valence electrons. The maximum atomic E-state index is 12.5. The molecule has 5 heteroatoms. The first-order valence-electron chi connectivity index (χ1n) is 6.43. The number of anilines is 1. The van der Waals surface area contributed by atoms with Crippen molar-refractivity contribution in [3.8, 4) is 0 Å². The summed E-state index contributed by atoms with van der Waals surface area (Å²) in [5, 5.41) is 3.48. The van der Waals surface area contributed by atoms with Gasteiger partial charge in [-0.15, -0.1) is 0 Å². The van der Waals surface area contributed by atoms with Crippen LogP contribution in [0, 0.1) is 12.3 Å². The second kappa shape index (κ2) is 5.90. The molecular formula is C14H19ClN2O2. The molecule has 0 bridgehead atoms. The lowest BCUT2D eigenvalue weighted by molar-refractivity contribution is -0.130. The van der Waals surface area contributed by atoms with E-state index < -0.39 is 5.41 Å². The predicted molar refractivity (Wildman–Crippen MR) is 76.4 cm³/mol. The van der Waals surface area contributed by atoms with E-state index in [4.69, 9.17) is 22.1 Å². The van der Waals surface area contributed by atoms with E-state index in [-0.39, 0.29) is 5.91 Å². The number of carbonyl (C=O) groups is 1. The lowest BCUT2D eigenvalue weighted by Crippen LogP contribution is -2.46. The predicted octanol–water partition coefficient (Wildman–Crippen LogP) is 2.34. The molecular weight excluding hydrogens is 264 g/mol. The molecule has 1 saturated heterocycles. The molecule has 2 rings (SSSR count). The summed E-state index contributed by atoms with van der Waals surface area (Å²) in [6, 6.07) is 5.55. The minimum absolute atomic E-state index is 0.0606. The van der Waals surface area contributed by atoms with E-state index in [1.54, 1.807) is 6.07 Å². The van der Waals surface area contributed by atoms with Crippen molar-refractivity contribution in [1.82, 2.24) is 0 Å². The fraction of sp³-hybridized carbons (Fsp3) is 0.500. The first-order chi connectivity index (χ1) is 9.09. The zero-order valence-corrected chi connectivity index (χ0v) is 11.8. The summed E-state index contributed by atoms with van der Waals surface area (Å²) >= 11 is 6.13. The smallest absolute Gasteiger partial charge is 0.232 e. The molecule has 1 aliphatic rings. The largest absolute Gasteiger partial charge is 0.381 e. The molecule has 0 radical (unpaired) electrons. The van der Waals surface area contributed by atoms with Gasteiger partial charge in [-0.05, 0) is 31.4 Å². The molecule has 0 unspecified atom stereocenters. The number of nitrogens with one attached hydrogen (secondary N) is 1. The minimum Gasteiger partial charge on any atom is -0.381 e. The van der Waals surface area contributed by atoms with Crippen LogP contribution in [0.25, 0.3) is 0 Å². The highest BCUT2D eigenvalue weighted by molar-refractivity contribution is 6.34. The first-order valence-corrected chi connectivity index (χ1v) is 6.81. The van der Waals surface area contributed by atoms with E-state index >= 15 is 0 Å². The van der Waals surface area contributed by atoms with Crippen LogP contribution in [0.15, 0.2) is 18.2 Å². The number of nitrogens with two attached hydrogens (primary N) is 1. The number of hydrogen-bond donors (Lipinski definition) is 2. The van der Waals surface area contributed by atoms with Crippen LogP contribution < -0.4 is 11.1 Å². The number of rotatable bonds is 3. The minimum atomic E-state index is -0.538. The number of carbonyl (C=O) groups excluding carboxylic acids is 1. The standard InChI is InChI=1S/C14H19ClN2O2/c1-10-3-2-4-11(15)12(10)17-13(18)14(9-16)5-7-19-8-6-14/h2-4H,5-9,16H2,1H3,(H,17,18). The molecule has 3 N–H and O–H groups in total. The van der Waals surface area contributed by atoms with Crippen molar-refractivity contribution in [2.24, 2.45) is 11.1 Å². The van der Waals surface area contributed by atoms with Crippen LogP contribution in [0.5, 0.6) is 0 Å². The Bertz CT molecular complexity index is 450. The summed E-state index contributed by atoms with van der Waals surface area (Å²) < 4.78 is 5.31. The summed E-state index contributed by atoms with van der Waals surface area (Å²) in [5.74, 6) is -0.0606. The van der Waals surface area contributed by atoms with Crippen molar-refractivity contribution in [3.05, 3.63) is 28.8 Å². The Balaban J connectivity index is 2.20. The number of para-hydroxylation sites is 1. The van der Waals surface area contributed by atoms with Crippen LogP contribution in [-0.4, -0.2) is 25.7 Å². The molecule has 0 aromatic heterocycles. The first kappa shape index (κ1) is 14.3. The van der Waals surface area contributed by atoms with E-state index in [2.05, 4.69) is 5.32 Å². The van der Waals surface area contributed by atoms with Crippen LogP contribution in [0.3, 0.4) is 0 Å².